The third-order valence-corrected chi connectivity index (χ3v) is 3.12. The summed E-state index contributed by atoms with van der Waals surface area (Å²) in [5, 5.41) is 3.93. The summed E-state index contributed by atoms with van der Waals surface area (Å²) in [4.78, 5) is 14.5. The standard InChI is InChI=1S/C11H10Br2N2O/c1-6(12)11(16)15-9-5-8(13)4-7-2-3-14-10(7)9/h2-6,14H,1H3,(H,15,16). The lowest BCUT2D eigenvalue weighted by Crippen LogP contribution is -2.20. The maximum Gasteiger partial charge on any atom is 0.237 e. The van der Waals surface area contributed by atoms with E-state index in [2.05, 4.69) is 42.2 Å². The van der Waals surface area contributed by atoms with Crippen molar-refractivity contribution >= 4 is 54.4 Å². The Morgan fingerprint density at radius 1 is 1.50 bits per heavy atom. The van der Waals surface area contributed by atoms with Gasteiger partial charge in [-0.15, -0.1) is 0 Å². The Kier molecular flexibility index (Phi) is 3.35. The fourth-order valence-electron chi connectivity index (χ4n) is 1.47. The zero-order chi connectivity index (χ0) is 11.7. The number of hydrogen-bond donors (Lipinski definition) is 2. The summed E-state index contributed by atoms with van der Waals surface area (Å²) < 4.78 is 0.942. The Hall–Kier alpha value is -0.810. The molecule has 2 N–H and O–H groups in total. The summed E-state index contributed by atoms with van der Waals surface area (Å²) in [6.07, 6.45) is 1.85. The van der Waals surface area contributed by atoms with E-state index in [1.54, 1.807) is 6.92 Å². The maximum absolute atomic E-state index is 11.6. The van der Waals surface area contributed by atoms with Crippen LogP contribution in [0.4, 0.5) is 5.69 Å². The van der Waals surface area contributed by atoms with Crippen LogP contribution in [0.2, 0.25) is 0 Å². The number of nitrogens with one attached hydrogen (secondary N) is 2. The molecular formula is C11H10Br2N2O. The highest BCUT2D eigenvalue weighted by Crippen LogP contribution is 2.27. The highest BCUT2D eigenvalue weighted by atomic mass is 79.9. The average Bonchev–Trinajstić information content (AvgIpc) is 2.65. The minimum absolute atomic E-state index is 0.0611. The van der Waals surface area contributed by atoms with Gasteiger partial charge in [-0.2, -0.15) is 0 Å². The van der Waals surface area contributed by atoms with Crippen molar-refractivity contribution in [3.8, 4) is 0 Å². The van der Waals surface area contributed by atoms with Gasteiger partial charge < -0.3 is 10.3 Å². The number of amides is 1. The van der Waals surface area contributed by atoms with E-state index >= 15 is 0 Å². The molecule has 0 aliphatic heterocycles. The Labute approximate surface area is 110 Å². The summed E-state index contributed by atoms with van der Waals surface area (Å²) in [5.41, 5.74) is 1.72. The summed E-state index contributed by atoms with van der Waals surface area (Å²) >= 11 is 6.65. The molecule has 0 aliphatic rings. The van der Waals surface area contributed by atoms with Crippen molar-refractivity contribution in [3.05, 3.63) is 28.9 Å². The van der Waals surface area contributed by atoms with Crippen molar-refractivity contribution < 1.29 is 4.79 Å². The van der Waals surface area contributed by atoms with Gasteiger partial charge in [0.15, 0.2) is 0 Å². The Balaban J connectivity index is 2.43. The molecule has 0 aliphatic carbocycles. The second kappa shape index (κ2) is 4.59. The van der Waals surface area contributed by atoms with Gasteiger partial charge in [-0.25, -0.2) is 0 Å². The summed E-state index contributed by atoms with van der Waals surface area (Å²) in [5.74, 6) is -0.0611. The molecule has 1 aromatic carbocycles. The van der Waals surface area contributed by atoms with Crippen LogP contribution in [0, 0.1) is 0 Å². The molecule has 2 rings (SSSR count). The number of hydrogen-bond acceptors (Lipinski definition) is 1. The van der Waals surface area contributed by atoms with Crippen LogP contribution in [0.15, 0.2) is 28.9 Å². The van der Waals surface area contributed by atoms with E-state index < -0.39 is 0 Å². The molecule has 0 spiro atoms. The zero-order valence-corrected chi connectivity index (χ0v) is 11.7. The number of carbonyl (C=O) groups is 1. The first-order valence-corrected chi connectivity index (χ1v) is 6.50. The number of aromatic amines is 1. The largest absolute Gasteiger partial charge is 0.359 e. The highest BCUT2D eigenvalue weighted by Gasteiger charge is 2.11. The molecule has 1 heterocycles. The van der Waals surface area contributed by atoms with Crippen molar-refractivity contribution in [2.24, 2.45) is 0 Å². The lowest BCUT2D eigenvalue weighted by molar-refractivity contribution is -0.115. The van der Waals surface area contributed by atoms with Crippen molar-refractivity contribution in [1.82, 2.24) is 4.98 Å². The van der Waals surface area contributed by atoms with E-state index in [-0.39, 0.29) is 10.7 Å². The molecule has 0 radical (unpaired) electrons. The summed E-state index contributed by atoms with van der Waals surface area (Å²) in [7, 11) is 0. The molecule has 0 fully saturated rings. The predicted octanol–water partition coefficient (Wildman–Crippen LogP) is 3.65. The first kappa shape index (κ1) is 11.7. The Morgan fingerprint density at radius 3 is 2.94 bits per heavy atom. The Morgan fingerprint density at radius 2 is 2.25 bits per heavy atom. The fourth-order valence-corrected chi connectivity index (χ4v) is 2.06. The second-order valence-electron chi connectivity index (χ2n) is 3.50. The molecule has 0 saturated heterocycles. The van der Waals surface area contributed by atoms with Gasteiger partial charge in [0.25, 0.3) is 0 Å². The first-order chi connectivity index (χ1) is 7.58. The molecule has 0 saturated carbocycles. The smallest absolute Gasteiger partial charge is 0.237 e. The number of benzene rings is 1. The third-order valence-electron chi connectivity index (χ3n) is 2.24. The van der Waals surface area contributed by atoms with Gasteiger partial charge in [-0.3, -0.25) is 4.79 Å². The van der Waals surface area contributed by atoms with Gasteiger partial charge in [-0.1, -0.05) is 31.9 Å². The molecule has 1 amide bonds. The van der Waals surface area contributed by atoms with Crippen molar-refractivity contribution in [2.45, 2.75) is 11.8 Å². The van der Waals surface area contributed by atoms with Gasteiger partial charge in [0.05, 0.1) is 16.0 Å². The topological polar surface area (TPSA) is 44.9 Å². The molecule has 16 heavy (non-hydrogen) atoms. The maximum atomic E-state index is 11.6. The Bertz CT molecular complexity index is 534. The van der Waals surface area contributed by atoms with Gasteiger partial charge >= 0.3 is 0 Å². The fraction of sp³-hybridized carbons (Fsp3) is 0.182. The highest BCUT2D eigenvalue weighted by molar-refractivity contribution is 9.10. The van der Waals surface area contributed by atoms with Gasteiger partial charge in [0, 0.05) is 16.1 Å². The normalized spacial score (nSPS) is 12.7. The number of halogens is 2. The van der Waals surface area contributed by atoms with Crippen molar-refractivity contribution in [3.63, 3.8) is 0 Å². The van der Waals surface area contributed by atoms with E-state index in [9.17, 15) is 4.79 Å². The van der Waals surface area contributed by atoms with Crippen molar-refractivity contribution in [1.29, 1.82) is 0 Å². The molecule has 3 nitrogen and oxygen atoms in total. The van der Waals surface area contributed by atoms with Crippen LogP contribution >= 0.6 is 31.9 Å². The number of aromatic nitrogens is 1. The predicted molar refractivity (Wildman–Crippen MR) is 73.0 cm³/mol. The minimum Gasteiger partial charge on any atom is -0.359 e. The van der Waals surface area contributed by atoms with E-state index in [1.807, 2.05) is 24.4 Å². The number of rotatable bonds is 2. The lowest BCUT2D eigenvalue weighted by atomic mass is 10.2. The van der Waals surface area contributed by atoms with Crippen LogP contribution in [0.3, 0.4) is 0 Å². The molecule has 5 heteroatoms. The van der Waals surface area contributed by atoms with Crippen LogP contribution in [-0.2, 0) is 4.79 Å². The van der Waals surface area contributed by atoms with E-state index in [4.69, 9.17) is 0 Å². The van der Waals surface area contributed by atoms with Crippen LogP contribution < -0.4 is 5.32 Å². The number of carbonyl (C=O) groups excluding carboxylic acids is 1. The number of alkyl halides is 1. The number of anilines is 1. The lowest BCUT2D eigenvalue weighted by Gasteiger charge is -2.08. The van der Waals surface area contributed by atoms with Crippen LogP contribution in [0.1, 0.15) is 6.92 Å². The summed E-state index contributed by atoms with van der Waals surface area (Å²) in [6, 6.07) is 5.85. The van der Waals surface area contributed by atoms with Crippen molar-refractivity contribution in [2.75, 3.05) is 5.32 Å². The molecule has 84 valence electrons. The van der Waals surface area contributed by atoms with Gasteiger partial charge in [-0.05, 0) is 25.1 Å². The molecular weight excluding hydrogens is 336 g/mol. The summed E-state index contributed by atoms with van der Waals surface area (Å²) in [6.45, 7) is 1.79. The zero-order valence-electron chi connectivity index (χ0n) is 8.55. The van der Waals surface area contributed by atoms with Crippen LogP contribution in [0.5, 0.6) is 0 Å². The van der Waals surface area contributed by atoms with E-state index in [0.29, 0.717) is 0 Å². The molecule has 1 aromatic heterocycles. The second-order valence-corrected chi connectivity index (χ2v) is 5.79. The monoisotopic (exact) mass is 344 g/mol. The number of H-pyrrole nitrogens is 1. The molecule has 1 atom stereocenters. The third kappa shape index (κ3) is 2.30. The molecule has 1 unspecified atom stereocenters. The molecule has 0 bridgehead atoms. The first-order valence-electron chi connectivity index (χ1n) is 4.79. The minimum atomic E-state index is -0.212. The quantitative estimate of drug-likeness (QED) is 0.802. The van der Waals surface area contributed by atoms with E-state index in [0.717, 1.165) is 21.1 Å². The van der Waals surface area contributed by atoms with Gasteiger partial charge in [0.2, 0.25) is 5.91 Å². The number of fused-ring (bicyclic) bond motifs is 1. The van der Waals surface area contributed by atoms with E-state index in [1.165, 1.54) is 0 Å². The molecule has 2 aromatic rings. The SMILES string of the molecule is CC(Br)C(=O)Nc1cc(Br)cc2cc[nH]c12. The average molecular weight is 346 g/mol. The van der Waals surface area contributed by atoms with Gasteiger partial charge in [0.1, 0.15) is 0 Å². The van der Waals surface area contributed by atoms with Crippen LogP contribution in [0.25, 0.3) is 10.9 Å². The van der Waals surface area contributed by atoms with Crippen LogP contribution in [-0.4, -0.2) is 15.7 Å².